The van der Waals surface area contributed by atoms with Crippen molar-refractivity contribution in [1.29, 1.82) is 0 Å². The van der Waals surface area contributed by atoms with Gasteiger partial charge in [-0.1, -0.05) is 13.8 Å². The third-order valence-electron chi connectivity index (χ3n) is 5.59. The van der Waals surface area contributed by atoms with E-state index in [1.54, 1.807) is 17.8 Å². The number of methoxy groups -OCH3 is 1. The molecule has 0 radical (unpaired) electrons. The molecule has 1 aliphatic rings. The minimum Gasteiger partial charge on any atom is -0.497 e. The monoisotopic (exact) mass is 460 g/mol. The Morgan fingerprint density at radius 3 is 2.32 bits per heavy atom. The van der Waals surface area contributed by atoms with Crippen molar-refractivity contribution >= 4 is 17.3 Å². The zero-order valence-electron chi connectivity index (χ0n) is 20.1. The highest BCUT2D eigenvalue weighted by Gasteiger charge is 2.12. The molecule has 1 aliphatic heterocycles. The number of nitrogens with one attached hydrogen (secondary N) is 1. The molecule has 2 aromatic heterocycles. The van der Waals surface area contributed by atoms with Crippen LogP contribution in [0, 0.1) is 0 Å². The Morgan fingerprint density at radius 2 is 1.62 bits per heavy atom. The maximum absolute atomic E-state index is 5.88. The molecule has 1 fully saturated rings. The fourth-order valence-electron chi connectivity index (χ4n) is 3.87. The number of ether oxygens (including phenoxy) is 2. The first-order valence-electron chi connectivity index (χ1n) is 11.9. The molecule has 0 unspecified atom stereocenters. The second-order valence-corrected chi connectivity index (χ2v) is 7.75. The Kier molecular flexibility index (Phi) is 7.93. The van der Waals surface area contributed by atoms with Crippen molar-refractivity contribution in [3.63, 3.8) is 0 Å². The topological polar surface area (TPSA) is 76.8 Å². The molecule has 2 aromatic carbocycles. The van der Waals surface area contributed by atoms with E-state index in [4.69, 9.17) is 9.47 Å². The lowest BCUT2D eigenvalue weighted by Gasteiger charge is -2.15. The second-order valence-electron chi connectivity index (χ2n) is 7.75. The summed E-state index contributed by atoms with van der Waals surface area (Å²) in [5.41, 5.74) is 2.55. The van der Waals surface area contributed by atoms with E-state index in [1.165, 1.54) is 25.9 Å². The average Bonchev–Trinajstić information content (AvgIpc) is 3.56. The molecule has 1 N–H and O–H groups in total. The van der Waals surface area contributed by atoms with E-state index in [0.29, 0.717) is 18.4 Å². The summed E-state index contributed by atoms with van der Waals surface area (Å²) in [5, 5.41) is 7.87. The van der Waals surface area contributed by atoms with Crippen molar-refractivity contribution in [2.24, 2.45) is 0 Å². The maximum Gasteiger partial charge on any atom is 0.247 e. The summed E-state index contributed by atoms with van der Waals surface area (Å²) < 4.78 is 12.9. The highest BCUT2D eigenvalue weighted by molar-refractivity contribution is 5.62. The van der Waals surface area contributed by atoms with Crippen LogP contribution in [0.3, 0.4) is 0 Å². The molecule has 5 rings (SSSR count). The van der Waals surface area contributed by atoms with Gasteiger partial charge in [0.2, 0.25) is 5.95 Å². The van der Waals surface area contributed by atoms with Crippen LogP contribution in [0.4, 0.5) is 11.6 Å². The molecule has 8 heteroatoms. The van der Waals surface area contributed by atoms with Gasteiger partial charge < -0.3 is 14.8 Å². The lowest BCUT2D eigenvalue weighted by atomic mass is 10.2. The second kappa shape index (κ2) is 11.5. The molecule has 1 saturated heterocycles. The third kappa shape index (κ3) is 5.63. The minimum atomic E-state index is 0.510. The Morgan fingerprint density at radius 1 is 0.912 bits per heavy atom. The number of hydrogen-bond acceptors (Lipinski definition) is 7. The standard InChI is InChI=1S/C24H26N6O2.C2H6/c1-31-20-8-4-18(5-9-20)23-25-13-12-22-27-24(28-30(22)23)26-19-6-10-21(11-7-19)32-17-16-29-14-2-3-15-29;1-2/h4-13H,2-3,14-17H2,1H3,(H,26,28);1-2H3. The molecule has 0 saturated carbocycles. The Hall–Kier alpha value is -3.65. The highest BCUT2D eigenvalue weighted by Crippen LogP contribution is 2.23. The van der Waals surface area contributed by atoms with Crippen molar-refractivity contribution in [3.8, 4) is 22.9 Å². The molecule has 0 atom stereocenters. The van der Waals surface area contributed by atoms with E-state index in [-0.39, 0.29) is 0 Å². The lowest BCUT2D eigenvalue weighted by Crippen LogP contribution is -2.25. The number of fused-ring (bicyclic) bond motifs is 1. The molecule has 8 nitrogen and oxygen atoms in total. The molecular formula is C26H32N6O2. The molecule has 3 heterocycles. The molecule has 4 aromatic rings. The number of anilines is 2. The zero-order valence-corrected chi connectivity index (χ0v) is 20.1. The van der Waals surface area contributed by atoms with Crippen LogP contribution in [-0.2, 0) is 0 Å². The summed E-state index contributed by atoms with van der Waals surface area (Å²) in [7, 11) is 1.65. The normalized spacial score (nSPS) is 13.4. The van der Waals surface area contributed by atoms with Crippen LogP contribution in [0.2, 0.25) is 0 Å². The van der Waals surface area contributed by atoms with E-state index < -0.39 is 0 Å². The number of nitrogens with zero attached hydrogens (tertiary/aromatic N) is 5. The van der Waals surface area contributed by atoms with E-state index in [1.807, 2.05) is 68.4 Å². The third-order valence-corrected chi connectivity index (χ3v) is 5.59. The largest absolute Gasteiger partial charge is 0.497 e. The zero-order chi connectivity index (χ0) is 23.8. The van der Waals surface area contributed by atoms with Gasteiger partial charge in [-0.25, -0.2) is 4.98 Å². The van der Waals surface area contributed by atoms with Gasteiger partial charge in [0.15, 0.2) is 11.5 Å². The van der Waals surface area contributed by atoms with Crippen LogP contribution < -0.4 is 14.8 Å². The van der Waals surface area contributed by atoms with E-state index in [9.17, 15) is 0 Å². The van der Waals surface area contributed by atoms with Gasteiger partial charge in [-0.3, -0.25) is 4.90 Å². The first-order valence-corrected chi connectivity index (χ1v) is 11.9. The van der Waals surface area contributed by atoms with Gasteiger partial charge in [0, 0.05) is 30.1 Å². The minimum absolute atomic E-state index is 0.510. The predicted molar refractivity (Wildman–Crippen MR) is 135 cm³/mol. The van der Waals surface area contributed by atoms with Gasteiger partial charge in [-0.15, -0.1) is 5.10 Å². The molecule has 0 amide bonds. The van der Waals surface area contributed by atoms with Crippen LogP contribution in [-0.4, -0.2) is 57.8 Å². The summed E-state index contributed by atoms with van der Waals surface area (Å²) >= 11 is 0. The van der Waals surface area contributed by atoms with Crippen LogP contribution in [0.15, 0.2) is 60.8 Å². The number of benzene rings is 2. The van der Waals surface area contributed by atoms with Gasteiger partial charge in [0.1, 0.15) is 18.1 Å². The maximum atomic E-state index is 5.88. The molecule has 0 spiro atoms. The molecule has 0 aliphatic carbocycles. The van der Waals surface area contributed by atoms with Crippen molar-refractivity contribution in [1.82, 2.24) is 24.5 Å². The van der Waals surface area contributed by atoms with Gasteiger partial charge in [-0.05, 0) is 74.5 Å². The summed E-state index contributed by atoms with van der Waals surface area (Å²) in [6, 6.07) is 17.4. The highest BCUT2D eigenvalue weighted by atomic mass is 16.5. The predicted octanol–water partition coefficient (Wildman–Crippen LogP) is 5.04. The molecule has 34 heavy (non-hydrogen) atoms. The number of rotatable bonds is 8. The molecule has 0 bridgehead atoms. The summed E-state index contributed by atoms with van der Waals surface area (Å²) in [6.07, 6.45) is 4.34. The lowest BCUT2D eigenvalue weighted by molar-refractivity contribution is 0.238. The average molecular weight is 461 g/mol. The SMILES string of the molecule is CC.COc1ccc(-c2nccc3nc(Nc4ccc(OCCN5CCCC5)cc4)nn23)cc1. The van der Waals surface area contributed by atoms with Crippen molar-refractivity contribution in [3.05, 3.63) is 60.8 Å². The molecule has 178 valence electrons. The van der Waals surface area contributed by atoms with Gasteiger partial charge in [0.05, 0.1) is 7.11 Å². The quantitative estimate of drug-likeness (QED) is 0.394. The summed E-state index contributed by atoms with van der Waals surface area (Å²) in [4.78, 5) is 11.5. The van der Waals surface area contributed by atoms with Gasteiger partial charge in [-0.2, -0.15) is 9.50 Å². The number of aromatic nitrogens is 4. The van der Waals surface area contributed by atoms with E-state index >= 15 is 0 Å². The Balaban J connectivity index is 0.00000133. The van der Waals surface area contributed by atoms with Crippen molar-refractivity contribution < 1.29 is 9.47 Å². The van der Waals surface area contributed by atoms with Crippen LogP contribution in [0.1, 0.15) is 26.7 Å². The molecular weight excluding hydrogens is 428 g/mol. The summed E-state index contributed by atoms with van der Waals surface area (Å²) in [6.45, 7) is 8.07. The first-order chi connectivity index (χ1) is 16.8. The Labute approximate surface area is 200 Å². The first kappa shape index (κ1) is 23.5. The Bertz CT molecular complexity index is 1170. The van der Waals surface area contributed by atoms with Crippen molar-refractivity contribution in [2.75, 3.05) is 38.7 Å². The van der Waals surface area contributed by atoms with Crippen LogP contribution in [0.25, 0.3) is 17.0 Å². The smallest absolute Gasteiger partial charge is 0.247 e. The van der Waals surface area contributed by atoms with E-state index in [0.717, 1.165) is 34.9 Å². The van der Waals surface area contributed by atoms with E-state index in [2.05, 4.69) is 25.3 Å². The van der Waals surface area contributed by atoms with Crippen molar-refractivity contribution in [2.45, 2.75) is 26.7 Å². The fraction of sp³-hybridized carbons (Fsp3) is 0.346. The number of likely N-dealkylation sites (tertiary alicyclic amines) is 1. The fourth-order valence-corrected chi connectivity index (χ4v) is 3.87. The van der Waals surface area contributed by atoms with Gasteiger partial charge >= 0.3 is 0 Å². The number of hydrogen-bond donors (Lipinski definition) is 1. The van der Waals surface area contributed by atoms with Gasteiger partial charge in [0.25, 0.3) is 0 Å². The van der Waals surface area contributed by atoms with Crippen LogP contribution >= 0.6 is 0 Å². The van der Waals surface area contributed by atoms with Crippen LogP contribution in [0.5, 0.6) is 11.5 Å². The summed E-state index contributed by atoms with van der Waals surface area (Å²) in [5.74, 6) is 2.89.